The van der Waals surface area contributed by atoms with E-state index in [1.807, 2.05) is 6.92 Å². The number of imide groups is 2. The first kappa shape index (κ1) is 19.7. The summed E-state index contributed by atoms with van der Waals surface area (Å²) >= 11 is 0. The summed E-state index contributed by atoms with van der Waals surface area (Å²) in [5.74, 6) is -3.18. The van der Waals surface area contributed by atoms with Crippen molar-refractivity contribution in [2.24, 2.45) is 5.92 Å². The van der Waals surface area contributed by atoms with Crippen molar-refractivity contribution in [1.82, 2.24) is 9.80 Å². The van der Waals surface area contributed by atoms with Crippen molar-refractivity contribution < 1.29 is 28.7 Å². The molecule has 0 aromatic heterocycles. The smallest absolute Gasteiger partial charge is 0.330 e. The van der Waals surface area contributed by atoms with Gasteiger partial charge in [0.1, 0.15) is 6.04 Å². The molecule has 2 atom stereocenters. The number of hydrogen-bond donors (Lipinski definition) is 0. The summed E-state index contributed by atoms with van der Waals surface area (Å²) in [4.78, 5) is 64.0. The van der Waals surface area contributed by atoms with Gasteiger partial charge in [0.05, 0.1) is 11.1 Å². The first-order chi connectivity index (χ1) is 13.4. The Morgan fingerprint density at radius 3 is 2.21 bits per heavy atom. The molecule has 3 rings (SSSR count). The molecule has 0 radical (unpaired) electrons. The van der Waals surface area contributed by atoms with Gasteiger partial charge in [-0.25, -0.2) is 4.79 Å². The Labute approximate surface area is 162 Å². The van der Waals surface area contributed by atoms with E-state index in [1.165, 1.54) is 12.1 Å². The number of rotatable bonds is 6. The van der Waals surface area contributed by atoms with Crippen LogP contribution >= 0.6 is 0 Å². The predicted octanol–water partition coefficient (Wildman–Crippen LogP) is 1.39. The zero-order valence-corrected chi connectivity index (χ0v) is 15.8. The van der Waals surface area contributed by atoms with Crippen molar-refractivity contribution in [2.45, 2.75) is 39.2 Å². The quantitative estimate of drug-likeness (QED) is 0.541. The summed E-state index contributed by atoms with van der Waals surface area (Å²) in [5, 5.41) is 0. The summed E-state index contributed by atoms with van der Waals surface area (Å²) in [5.41, 5.74) is 0.486. The average molecular weight is 386 g/mol. The Balaban J connectivity index is 1.76. The fourth-order valence-electron chi connectivity index (χ4n) is 3.48. The van der Waals surface area contributed by atoms with Gasteiger partial charge >= 0.3 is 5.97 Å². The number of nitrogens with zero attached hydrogens (tertiary/aromatic N) is 2. The van der Waals surface area contributed by atoms with Crippen LogP contribution in [0.15, 0.2) is 24.3 Å². The Hall–Kier alpha value is -3.03. The van der Waals surface area contributed by atoms with E-state index in [2.05, 4.69) is 0 Å². The molecule has 0 N–H and O–H groups in total. The summed E-state index contributed by atoms with van der Waals surface area (Å²) in [6.45, 7) is 3.28. The molecular weight excluding hydrogens is 364 g/mol. The number of carbonyl (C=O) groups is 5. The van der Waals surface area contributed by atoms with Crippen LogP contribution in [-0.2, 0) is 19.1 Å². The normalized spacial score (nSPS) is 18.3. The molecule has 0 aliphatic carbocycles. The molecule has 8 heteroatoms. The molecule has 1 aromatic carbocycles. The van der Waals surface area contributed by atoms with Crippen LogP contribution in [0.3, 0.4) is 0 Å². The first-order valence-electron chi connectivity index (χ1n) is 9.33. The van der Waals surface area contributed by atoms with Gasteiger partial charge in [-0.1, -0.05) is 32.4 Å². The Morgan fingerprint density at radius 2 is 1.71 bits per heavy atom. The van der Waals surface area contributed by atoms with Gasteiger partial charge < -0.3 is 4.74 Å². The number of likely N-dealkylation sites (tertiary alicyclic amines) is 1. The van der Waals surface area contributed by atoms with Crippen LogP contribution in [0.4, 0.5) is 0 Å². The van der Waals surface area contributed by atoms with Gasteiger partial charge in [-0.15, -0.1) is 0 Å². The van der Waals surface area contributed by atoms with Crippen LogP contribution in [0.25, 0.3) is 0 Å². The maximum absolute atomic E-state index is 12.7. The molecule has 28 heavy (non-hydrogen) atoms. The molecule has 1 fully saturated rings. The van der Waals surface area contributed by atoms with Gasteiger partial charge in [-0.3, -0.25) is 29.0 Å². The third kappa shape index (κ3) is 3.42. The lowest BCUT2D eigenvalue weighted by molar-refractivity contribution is -0.158. The number of ether oxygens (including phenoxy) is 1. The van der Waals surface area contributed by atoms with Gasteiger partial charge in [-0.2, -0.15) is 0 Å². The van der Waals surface area contributed by atoms with Crippen molar-refractivity contribution in [3.63, 3.8) is 0 Å². The highest BCUT2D eigenvalue weighted by Gasteiger charge is 2.45. The van der Waals surface area contributed by atoms with Crippen LogP contribution in [0.1, 0.15) is 53.8 Å². The molecular formula is C20H22N2O6. The van der Waals surface area contributed by atoms with Crippen LogP contribution in [-0.4, -0.2) is 58.6 Å². The van der Waals surface area contributed by atoms with Crippen LogP contribution < -0.4 is 0 Å². The summed E-state index contributed by atoms with van der Waals surface area (Å²) in [7, 11) is 0. The highest BCUT2D eigenvalue weighted by Crippen LogP contribution is 2.28. The number of amides is 4. The largest absolute Gasteiger partial charge is 0.454 e. The second kappa shape index (κ2) is 7.92. The molecule has 0 unspecified atom stereocenters. The molecule has 0 spiro atoms. The SMILES string of the molecule is CC[C@H](C)[C@@H](C(=O)OCC(=O)N1CCCC1=O)N1C(=O)c2ccccc2C1=O. The van der Waals surface area contributed by atoms with E-state index >= 15 is 0 Å². The average Bonchev–Trinajstić information content (AvgIpc) is 3.23. The van der Waals surface area contributed by atoms with Gasteiger partial charge in [0.15, 0.2) is 6.61 Å². The monoisotopic (exact) mass is 386 g/mol. The number of benzene rings is 1. The van der Waals surface area contributed by atoms with Crippen LogP contribution in [0, 0.1) is 5.92 Å². The van der Waals surface area contributed by atoms with Crippen molar-refractivity contribution in [2.75, 3.05) is 13.2 Å². The highest BCUT2D eigenvalue weighted by atomic mass is 16.5. The second-order valence-electron chi connectivity index (χ2n) is 7.01. The number of carbonyl (C=O) groups excluding carboxylic acids is 5. The molecule has 4 amide bonds. The fourth-order valence-corrected chi connectivity index (χ4v) is 3.48. The predicted molar refractivity (Wildman–Crippen MR) is 97.1 cm³/mol. The first-order valence-corrected chi connectivity index (χ1v) is 9.33. The lowest BCUT2D eigenvalue weighted by atomic mass is 9.97. The molecule has 0 saturated carbocycles. The molecule has 1 aromatic rings. The van der Waals surface area contributed by atoms with Crippen molar-refractivity contribution in [3.8, 4) is 0 Å². The van der Waals surface area contributed by atoms with Crippen LogP contribution in [0.5, 0.6) is 0 Å². The van der Waals surface area contributed by atoms with Crippen molar-refractivity contribution in [1.29, 1.82) is 0 Å². The van der Waals surface area contributed by atoms with E-state index in [0.29, 0.717) is 25.8 Å². The minimum absolute atomic E-state index is 0.243. The van der Waals surface area contributed by atoms with Crippen molar-refractivity contribution in [3.05, 3.63) is 35.4 Å². The van der Waals surface area contributed by atoms with Gasteiger partial charge in [0, 0.05) is 13.0 Å². The molecule has 148 valence electrons. The molecule has 8 nitrogen and oxygen atoms in total. The maximum atomic E-state index is 12.7. The lowest BCUT2D eigenvalue weighted by Crippen LogP contribution is -2.50. The zero-order chi connectivity index (χ0) is 20.4. The van der Waals surface area contributed by atoms with E-state index < -0.39 is 36.3 Å². The molecule has 2 aliphatic rings. The van der Waals surface area contributed by atoms with E-state index in [0.717, 1.165) is 9.80 Å². The van der Waals surface area contributed by atoms with Gasteiger partial charge in [0.2, 0.25) is 5.91 Å². The minimum atomic E-state index is -1.14. The fraction of sp³-hybridized carbons (Fsp3) is 0.450. The molecule has 2 heterocycles. The number of hydrogen-bond acceptors (Lipinski definition) is 6. The standard InChI is InChI=1S/C20H22N2O6/c1-3-12(2)17(20(27)28-11-16(24)21-10-6-9-15(21)23)22-18(25)13-7-4-5-8-14(13)19(22)26/h4-5,7-8,12,17H,3,6,9-11H2,1-2H3/t12-,17-/m0/s1. The number of fused-ring (bicyclic) bond motifs is 1. The zero-order valence-electron chi connectivity index (χ0n) is 15.8. The van der Waals surface area contributed by atoms with E-state index in [-0.39, 0.29) is 23.0 Å². The Bertz CT molecular complexity index is 814. The Kier molecular flexibility index (Phi) is 5.58. The minimum Gasteiger partial charge on any atom is -0.454 e. The lowest BCUT2D eigenvalue weighted by Gasteiger charge is -2.29. The van der Waals surface area contributed by atoms with Crippen LogP contribution in [0.2, 0.25) is 0 Å². The van der Waals surface area contributed by atoms with E-state index in [9.17, 15) is 24.0 Å². The van der Waals surface area contributed by atoms with E-state index in [4.69, 9.17) is 4.74 Å². The number of esters is 1. The third-order valence-electron chi connectivity index (χ3n) is 5.24. The topological polar surface area (TPSA) is 101 Å². The summed E-state index contributed by atoms with van der Waals surface area (Å²) < 4.78 is 5.13. The second-order valence-corrected chi connectivity index (χ2v) is 7.01. The van der Waals surface area contributed by atoms with Gasteiger partial charge in [0.25, 0.3) is 17.7 Å². The summed E-state index contributed by atoms with van der Waals surface area (Å²) in [6, 6.07) is 5.24. The highest BCUT2D eigenvalue weighted by molar-refractivity contribution is 6.22. The Morgan fingerprint density at radius 1 is 1.11 bits per heavy atom. The van der Waals surface area contributed by atoms with Gasteiger partial charge in [-0.05, 0) is 24.5 Å². The van der Waals surface area contributed by atoms with E-state index in [1.54, 1.807) is 19.1 Å². The maximum Gasteiger partial charge on any atom is 0.330 e. The third-order valence-corrected chi connectivity index (χ3v) is 5.24. The molecule has 2 aliphatic heterocycles. The van der Waals surface area contributed by atoms with Crippen molar-refractivity contribution >= 4 is 29.6 Å². The molecule has 0 bridgehead atoms. The summed E-state index contributed by atoms with van der Waals surface area (Å²) in [6.07, 6.45) is 1.40. The molecule has 1 saturated heterocycles.